The molecule has 0 aliphatic carbocycles. The Bertz CT molecular complexity index is 869. The Balaban J connectivity index is 1.73. The van der Waals surface area contributed by atoms with E-state index in [-0.39, 0.29) is 17.0 Å². The predicted octanol–water partition coefficient (Wildman–Crippen LogP) is 3.55. The lowest BCUT2D eigenvalue weighted by molar-refractivity contribution is -0.274. The van der Waals surface area contributed by atoms with E-state index in [4.69, 9.17) is 4.74 Å². The molecule has 162 valence electrons. The van der Waals surface area contributed by atoms with Crippen LogP contribution < -0.4 is 19.3 Å². The molecular formula is C20H23F3N4O3. The van der Waals surface area contributed by atoms with Crippen molar-refractivity contribution in [3.63, 3.8) is 0 Å². The van der Waals surface area contributed by atoms with Crippen LogP contribution in [0.5, 0.6) is 11.6 Å². The Labute approximate surface area is 172 Å². The molecule has 1 aliphatic rings. The zero-order chi connectivity index (χ0) is 21.7. The van der Waals surface area contributed by atoms with Gasteiger partial charge < -0.3 is 19.3 Å². The van der Waals surface area contributed by atoms with Crippen molar-refractivity contribution < 1.29 is 27.4 Å². The zero-order valence-electron chi connectivity index (χ0n) is 16.7. The minimum absolute atomic E-state index is 0.146. The minimum Gasteiger partial charge on any atom is -0.477 e. The van der Waals surface area contributed by atoms with Crippen LogP contribution in [0.4, 0.5) is 24.7 Å². The number of benzene rings is 1. The second kappa shape index (κ2) is 9.19. The molecule has 1 aliphatic heterocycles. The number of nitrogens with zero attached hydrogens (tertiary/aromatic N) is 4. The number of halogens is 3. The SMILES string of the molecule is CC(C)COc1cc(N2CCN(c3c(C=O)cccc3OC(F)(F)F)CC2)ncn1. The van der Waals surface area contributed by atoms with Gasteiger partial charge in [0.1, 0.15) is 12.1 Å². The molecule has 30 heavy (non-hydrogen) atoms. The molecule has 3 rings (SSSR count). The first-order valence-electron chi connectivity index (χ1n) is 9.55. The van der Waals surface area contributed by atoms with E-state index >= 15 is 0 Å². The standard InChI is InChI=1S/C20H23F3N4O3/c1-14(2)12-29-18-10-17(24-13-25-18)26-6-8-27(9-7-26)19-15(11-28)4-3-5-16(19)30-20(21,22)23/h3-5,10-11,13-14H,6-9,12H2,1-2H3. The third-order valence-electron chi connectivity index (χ3n) is 4.49. The molecule has 0 saturated carbocycles. The highest BCUT2D eigenvalue weighted by atomic mass is 19.4. The maximum Gasteiger partial charge on any atom is 0.573 e. The monoisotopic (exact) mass is 424 g/mol. The molecule has 1 aromatic heterocycles. The maximum atomic E-state index is 12.8. The summed E-state index contributed by atoms with van der Waals surface area (Å²) in [5.41, 5.74) is 0.296. The van der Waals surface area contributed by atoms with Gasteiger partial charge >= 0.3 is 6.36 Å². The number of ether oxygens (including phenoxy) is 2. The third-order valence-corrected chi connectivity index (χ3v) is 4.49. The predicted molar refractivity (Wildman–Crippen MR) is 105 cm³/mol. The van der Waals surface area contributed by atoms with Crippen LogP contribution >= 0.6 is 0 Å². The van der Waals surface area contributed by atoms with Crippen LogP contribution in [-0.2, 0) is 0 Å². The first-order valence-corrected chi connectivity index (χ1v) is 9.55. The molecule has 0 unspecified atom stereocenters. The lowest BCUT2D eigenvalue weighted by Crippen LogP contribution is -2.47. The van der Waals surface area contributed by atoms with Crippen molar-refractivity contribution in [2.75, 3.05) is 42.6 Å². The van der Waals surface area contributed by atoms with Crippen molar-refractivity contribution in [1.82, 2.24) is 9.97 Å². The maximum absolute atomic E-state index is 12.8. The van der Waals surface area contributed by atoms with Gasteiger partial charge in [-0.3, -0.25) is 4.79 Å². The van der Waals surface area contributed by atoms with E-state index in [9.17, 15) is 18.0 Å². The third kappa shape index (κ3) is 5.52. The summed E-state index contributed by atoms with van der Waals surface area (Å²) < 4.78 is 48.2. The molecule has 0 radical (unpaired) electrons. The van der Waals surface area contributed by atoms with Crippen LogP contribution in [0.15, 0.2) is 30.6 Å². The normalized spacial score (nSPS) is 14.7. The quantitative estimate of drug-likeness (QED) is 0.630. The zero-order valence-corrected chi connectivity index (χ0v) is 16.7. The average molecular weight is 424 g/mol. The Morgan fingerprint density at radius 3 is 2.47 bits per heavy atom. The molecular weight excluding hydrogens is 401 g/mol. The van der Waals surface area contributed by atoms with Gasteiger partial charge in [-0.05, 0) is 18.1 Å². The summed E-state index contributed by atoms with van der Waals surface area (Å²) in [6, 6.07) is 5.80. The van der Waals surface area contributed by atoms with Crippen LogP contribution in [0, 0.1) is 5.92 Å². The van der Waals surface area contributed by atoms with Gasteiger partial charge in [-0.15, -0.1) is 13.2 Å². The summed E-state index contributed by atoms with van der Waals surface area (Å²) in [4.78, 5) is 23.5. The van der Waals surface area contributed by atoms with E-state index in [1.54, 1.807) is 11.0 Å². The summed E-state index contributed by atoms with van der Waals surface area (Å²) >= 11 is 0. The van der Waals surface area contributed by atoms with Crippen LogP contribution in [-0.4, -0.2) is 55.4 Å². The second-order valence-corrected chi connectivity index (χ2v) is 7.25. The van der Waals surface area contributed by atoms with Gasteiger partial charge in [0.05, 0.1) is 12.3 Å². The lowest BCUT2D eigenvalue weighted by atomic mass is 10.1. The van der Waals surface area contributed by atoms with Gasteiger partial charge in [0, 0.05) is 37.8 Å². The number of carbonyl (C=O) groups excluding carboxylic acids is 1. The molecule has 2 aromatic rings. The molecule has 0 atom stereocenters. The molecule has 0 N–H and O–H groups in total. The topological polar surface area (TPSA) is 67.8 Å². The Hall–Kier alpha value is -3.04. The van der Waals surface area contributed by atoms with Gasteiger partial charge in [-0.25, -0.2) is 9.97 Å². The average Bonchev–Trinajstić information content (AvgIpc) is 2.71. The summed E-state index contributed by atoms with van der Waals surface area (Å²) in [6.07, 6.45) is -2.88. The molecule has 1 aromatic carbocycles. The number of rotatable bonds is 7. The smallest absolute Gasteiger partial charge is 0.477 e. The van der Waals surface area contributed by atoms with Crippen LogP contribution in [0.3, 0.4) is 0 Å². The fourth-order valence-electron chi connectivity index (χ4n) is 3.17. The highest BCUT2D eigenvalue weighted by Crippen LogP contribution is 2.36. The van der Waals surface area contributed by atoms with E-state index in [0.29, 0.717) is 56.7 Å². The number of piperazine rings is 1. The molecule has 1 fully saturated rings. The number of carbonyl (C=O) groups is 1. The highest BCUT2D eigenvalue weighted by molar-refractivity contribution is 5.87. The van der Waals surface area contributed by atoms with E-state index in [2.05, 4.69) is 14.7 Å². The van der Waals surface area contributed by atoms with E-state index in [1.165, 1.54) is 24.5 Å². The van der Waals surface area contributed by atoms with Gasteiger partial charge in [0.15, 0.2) is 12.0 Å². The van der Waals surface area contributed by atoms with E-state index in [1.807, 2.05) is 18.7 Å². The number of hydrogen-bond donors (Lipinski definition) is 0. The molecule has 0 bridgehead atoms. The van der Waals surface area contributed by atoms with Crippen molar-refractivity contribution in [2.24, 2.45) is 5.92 Å². The van der Waals surface area contributed by atoms with Crippen molar-refractivity contribution in [2.45, 2.75) is 20.2 Å². The minimum atomic E-state index is -4.84. The molecule has 0 amide bonds. The molecule has 7 nitrogen and oxygen atoms in total. The van der Waals surface area contributed by atoms with Crippen molar-refractivity contribution in [1.29, 1.82) is 0 Å². The summed E-state index contributed by atoms with van der Waals surface area (Å²) in [5, 5.41) is 0. The lowest BCUT2D eigenvalue weighted by Gasteiger charge is -2.37. The number of anilines is 2. The van der Waals surface area contributed by atoms with Crippen LogP contribution in [0.1, 0.15) is 24.2 Å². The highest BCUT2D eigenvalue weighted by Gasteiger charge is 2.34. The van der Waals surface area contributed by atoms with Gasteiger partial charge in [-0.2, -0.15) is 0 Å². The fourth-order valence-corrected chi connectivity index (χ4v) is 3.17. The van der Waals surface area contributed by atoms with Crippen molar-refractivity contribution in [3.8, 4) is 11.6 Å². The Kier molecular flexibility index (Phi) is 6.63. The van der Waals surface area contributed by atoms with Crippen molar-refractivity contribution in [3.05, 3.63) is 36.2 Å². The number of aldehydes is 1. The largest absolute Gasteiger partial charge is 0.573 e. The first kappa shape index (κ1) is 21.7. The first-order chi connectivity index (χ1) is 14.3. The summed E-state index contributed by atoms with van der Waals surface area (Å²) in [7, 11) is 0. The summed E-state index contributed by atoms with van der Waals surface area (Å²) in [6.45, 7) is 6.40. The van der Waals surface area contributed by atoms with E-state index < -0.39 is 6.36 Å². The van der Waals surface area contributed by atoms with Gasteiger partial charge in [0.2, 0.25) is 5.88 Å². The number of aromatic nitrogens is 2. The van der Waals surface area contributed by atoms with Crippen LogP contribution in [0.2, 0.25) is 0 Å². The van der Waals surface area contributed by atoms with E-state index in [0.717, 1.165) is 0 Å². The molecule has 10 heteroatoms. The Morgan fingerprint density at radius 2 is 1.83 bits per heavy atom. The van der Waals surface area contributed by atoms with Gasteiger partial charge in [0.25, 0.3) is 0 Å². The Morgan fingerprint density at radius 1 is 1.13 bits per heavy atom. The molecule has 1 saturated heterocycles. The van der Waals surface area contributed by atoms with Gasteiger partial charge in [-0.1, -0.05) is 19.9 Å². The summed E-state index contributed by atoms with van der Waals surface area (Å²) in [5.74, 6) is 1.13. The molecule has 2 heterocycles. The van der Waals surface area contributed by atoms with Crippen LogP contribution in [0.25, 0.3) is 0 Å². The number of alkyl halides is 3. The number of para-hydroxylation sites is 1. The van der Waals surface area contributed by atoms with Crippen molar-refractivity contribution >= 4 is 17.8 Å². The number of hydrogen-bond acceptors (Lipinski definition) is 7. The fraction of sp³-hybridized carbons (Fsp3) is 0.450. The second-order valence-electron chi connectivity index (χ2n) is 7.25. The molecule has 0 spiro atoms.